The number of hydrogen-bond acceptors (Lipinski definition) is 7. The smallest absolute Gasteiger partial charge is 0.410 e. The summed E-state index contributed by atoms with van der Waals surface area (Å²) in [6.07, 6.45) is 3.95. The standard InChI is InChI=1S/C31H38N2O6/c1-5-17-33-18-16-30(26-12-9-13-28(19-26)38-23(2)34)20-27(14-15-31(30,22-33)39-24(3)35)32(4)29(36)37-21-25-10-7-6-8-11-25/h5-13,19,27H,1,14-18,20-22H2,2-4H3/t27-,30+,31+/m1/s1. The van der Waals surface area contributed by atoms with Gasteiger partial charge in [-0.3, -0.25) is 14.5 Å². The van der Waals surface area contributed by atoms with Crippen molar-refractivity contribution >= 4 is 18.0 Å². The third kappa shape index (κ3) is 6.17. The molecule has 1 saturated carbocycles. The van der Waals surface area contributed by atoms with Crippen molar-refractivity contribution in [2.24, 2.45) is 0 Å². The first kappa shape index (κ1) is 28.4. The normalized spacial score (nSPS) is 24.6. The molecule has 1 heterocycles. The van der Waals surface area contributed by atoms with Gasteiger partial charge in [-0.15, -0.1) is 6.58 Å². The van der Waals surface area contributed by atoms with Crippen LogP contribution in [0.1, 0.15) is 50.7 Å². The maximum atomic E-state index is 13.1. The van der Waals surface area contributed by atoms with Gasteiger partial charge >= 0.3 is 18.0 Å². The van der Waals surface area contributed by atoms with Crippen LogP contribution in [-0.4, -0.2) is 66.2 Å². The fraction of sp³-hybridized carbons (Fsp3) is 0.452. The average Bonchev–Trinajstić information content (AvgIpc) is 2.91. The van der Waals surface area contributed by atoms with Gasteiger partial charge in [-0.1, -0.05) is 48.5 Å². The Kier molecular flexibility index (Phi) is 8.75. The summed E-state index contributed by atoms with van der Waals surface area (Å²) < 4.78 is 17.3. The van der Waals surface area contributed by atoms with E-state index in [9.17, 15) is 14.4 Å². The van der Waals surface area contributed by atoms with Gasteiger partial charge < -0.3 is 19.1 Å². The molecular formula is C31H38N2O6. The van der Waals surface area contributed by atoms with Crippen LogP contribution >= 0.6 is 0 Å². The molecule has 3 atom stereocenters. The first-order valence-electron chi connectivity index (χ1n) is 13.4. The molecule has 2 fully saturated rings. The maximum Gasteiger partial charge on any atom is 0.410 e. The van der Waals surface area contributed by atoms with E-state index in [1.807, 2.05) is 54.6 Å². The van der Waals surface area contributed by atoms with Gasteiger partial charge in [0.25, 0.3) is 0 Å². The molecule has 1 aliphatic carbocycles. The molecule has 2 aromatic carbocycles. The van der Waals surface area contributed by atoms with Gasteiger partial charge in [-0.2, -0.15) is 0 Å². The highest BCUT2D eigenvalue weighted by molar-refractivity contribution is 5.70. The highest BCUT2D eigenvalue weighted by atomic mass is 16.6. The number of amides is 1. The topological polar surface area (TPSA) is 85.4 Å². The van der Waals surface area contributed by atoms with Crippen LogP contribution in [-0.2, 0) is 31.1 Å². The van der Waals surface area contributed by atoms with E-state index in [2.05, 4.69) is 11.5 Å². The zero-order chi connectivity index (χ0) is 28.0. The number of rotatable bonds is 8. The number of hydrogen-bond donors (Lipinski definition) is 0. The fourth-order valence-corrected chi connectivity index (χ4v) is 6.32. The Bertz CT molecular complexity index is 1200. The molecule has 208 valence electrons. The minimum Gasteiger partial charge on any atom is -0.457 e. The number of fused-ring (bicyclic) bond motifs is 1. The van der Waals surface area contributed by atoms with Crippen molar-refractivity contribution < 1.29 is 28.6 Å². The Hall–Kier alpha value is -3.65. The SMILES string of the molecule is C=CCN1CC[C@@]2(c3cccc(OC(C)=O)c3)C[C@H](N(C)C(=O)OCc3ccccc3)CC[C@]2(OC(C)=O)C1. The number of likely N-dealkylation sites (tertiary alicyclic amines) is 1. The second-order valence-electron chi connectivity index (χ2n) is 10.6. The molecule has 0 aromatic heterocycles. The molecule has 8 heteroatoms. The molecule has 1 saturated heterocycles. The van der Waals surface area contributed by atoms with E-state index >= 15 is 0 Å². The zero-order valence-electron chi connectivity index (χ0n) is 23.1. The number of piperidine rings is 1. The first-order chi connectivity index (χ1) is 18.7. The highest BCUT2D eigenvalue weighted by Gasteiger charge is 2.61. The quantitative estimate of drug-likeness (QED) is 0.272. The lowest BCUT2D eigenvalue weighted by atomic mass is 9.55. The van der Waals surface area contributed by atoms with Crippen molar-refractivity contribution in [3.05, 3.63) is 78.4 Å². The van der Waals surface area contributed by atoms with Gasteiger partial charge in [0.1, 0.15) is 18.0 Å². The molecule has 8 nitrogen and oxygen atoms in total. The van der Waals surface area contributed by atoms with E-state index in [-0.39, 0.29) is 18.6 Å². The van der Waals surface area contributed by atoms with Gasteiger partial charge in [0.2, 0.25) is 0 Å². The minimum atomic E-state index is -0.819. The molecule has 0 bridgehead atoms. The Morgan fingerprint density at radius 2 is 1.85 bits per heavy atom. The summed E-state index contributed by atoms with van der Waals surface area (Å²) in [5, 5.41) is 0. The van der Waals surface area contributed by atoms with Crippen molar-refractivity contribution in [2.75, 3.05) is 26.7 Å². The second kappa shape index (κ2) is 12.0. The lowest BCUT2D eigenvalue weighted by molar-refractivity contribution is -0.188. The number of ether oxygens (including phenoxy) is 3. The summed E-state index contributed by atoms with van der Waals surface area (Å²) in [5.41, 5.74) is 0.422. The van der Waals surface area contributed by atoms with Crippen molar-refractivity contribution in [3.63, 3.8) is 0 Å². The van der Waals surface area contributed by atoms with Crippen LogP contribution in [0.15, 0.2) is 67.3 Å². The van der Waals surface area contributed by atoms with Crippen LogP contribution < -0.4 is 4.74 Å². The highest BCUT2D eigenvalue weighted by Crippen LogP contribution is 2.54. The molecule has 0 spiro atoms. The molecule has 39 heavy (non-hydrogen) atoms. The summed E-state index contributed by atoms with van der Waals surface area (Å²) in [4.78, 5) is 41.3. The summed E-state index contributed by atoms with van der Waals surface area (Å²) >= 11 is 0. The Labute approximate surface area is 230 Å². The number of nitrogens with zero attached hydrogens (tertiary/aromatic N) is 2. The van der Waals surface area contributed by atoms with Crippen LogP contribution in [0.5, 0.6) is 5.75 Å². The number of esters is 2. The predicted octanol–water partition coefficient (Wildman–Crippen LogP) is 4.86. The van der Waals surface area contributed by atoms with Crippen LogP contribution in [0.25, 0.3) is 0 Å². The largest absolute Gasteiger partial charge is 0.457 e. The molecule has 2 aromatic rings. The molecule has 0 N–H and O–H groups in total. The van der Waals surface area contributed by atoms with Gasteiger partial charge in [0, 0.05) is 45.4 Å². The van der Waals surface area contributed by atoms with E-state index in [0.29, 0.717) is 44.5 Å². The van der Waals surface area contributed by atoms with E-state index in [1.54, 1.807) is 18.0 Å². The Morgan fingerprint density at radius 1 is 1.08 bits per heavy atom. The van der Waals surface area contributed by atoms with Crippen molar-refractivity contribution in [3.8, 4) is 5.75 Å². The minimum absolute atomic E-state index is 0.139. The summed E-state index contributed by atoms with van der Waals surface area (Å²) in [5.74, 6) is -0.304. The fourth-order valence-electron chi connectivity index (χ4n) is 6.32. The van der Waals surface area contributed by atoms with Gasteiger partial charge in [-0.25, -0.2) is 4.79 Å². The Morgan fingerprint density at radius 3 is 2.54 bits per heavy atom. The summed E-state index contributed by atoms with van der Waals surface area (Å²) in [6.45, 7) is 8.90. The first-order valence-corrected chi connectivity index (χ1v) is 13.4. The number of carbonyl (C=O) groups excluding carboxylic acids is 3. The van der Waals surface area contributed by atoms with Crippen LogP contribution in [0.2, 0.25) is 0 Å². The molecule has 1 aliphatic heterocycles. The maximum absolute atomic E-state index is 13.1. The molecule has 4 rings (SSSR count). The third-order valence-electron chi connectivity index (χ3n) is 8.09. The molecular weight excluding hydrogens is 496 g/mol. The molecule has 0 radical (unpaired) electrons. The Balaban J connectivity index is 1.68. The monoisotopic (exact) mass is 534 g/mol. The molecule has 2 aliphatic rings. The predicted molar refractivity (Wildman–Crippen MR) is 147 cm³/mol. The number of benzene rings is 2. The van der Waals surface area contributed by atoms with Gasteiger partial charge in [0.15, 0.2) is 0 Å². The van der Waals surface area contributed by atoms with Crippen LogP contribution in [0.4, 0.5) is 4.79 Å². The summed E-state index contributed by atoms with van der Waals surface area (Å²) in [7, 11) is 1.77. The van der Waals surface area contributed by atoms with E-state index in [0.717, 1.165) is 17.7 Å². The van der Waals surface area contributed by atoms with E-state index < -0.39 is 23.1 Å². The lowest BCUT2D eigenvalue weighted by Gasteiger charge is -2.60. The van der Waals surface area contributed by atoms with Gasteiger partial charge in [-0.05, 0) is 55.5 Å². The van der Waals surface area contributed by atoms with Crippen molar-refractivity contribution in [1.82, 2.24) is 9.80 Å². The second-order valence-corrected chi connectivity index (χ2v) is 10.6. The number of carbonyl (C=O) groups is 3. The third-order valence-corrected chi connectivity index (χ3v) is 8.09. The molecule has 0 unspecified atom stereocenters. The zero-order valence-corrected chi connectivity index (χ0v) is 23.1. The summed E-state index contributed by atoms with van der Waals surface area (Å²) in [6, 6.07) is 16.9. The van der Waals surface area contributed by atoms with E-state index in [1.165, 1.54) is 13.8 Å². The average molecular weight is 535 g/mol. The van der Waals surface area contributed by atoms with Gasteiger partial charge in [0.05, 0.1) is 0 Å². The molecule has 1 amide bonds. The van der Waals surface area contributed by atoms with Crippen LogP contribution in [0.3, 0.4) is 0 Å². The van der Waals surface area contributed by atoms with E-state index in [4.69, 9.17) is 14.2 Å². The lowest BCUT2D eigenvalue weighted by Crippen LogP contribution is -2.68. The van der Waals surface area contributed by atoms with Crippen LogP contribution in [0, 0.1) is 0 Å². The van der Waals surface area contributed by atoms with Crippen molar-refractivity contribution in [1.29, 1.82) is 0 Å². The van der Waals surface area contributed by atoms with Crippen molar-refractivity contribution in [2.45, 2.75) is 63.2 Å².